The van der Waals surface area contributed by atoms with Crippen LogP contribution in [0.3, 0.4) is 0 Å². The van der Waals surface area contributed by atoms with E-state index in [1.54, 1.807) is 0 Å². The predicted octanol–water partition coefficient (Wildman–Crippen LogP) is 18.3. The molecule has 70 heavy (non-hydrogen) atoms. The summed E-state index contributed by atoms with van der Waals surface area (Å²) in [7, 11) is 0. The van der Waals surface area contributed by atoms with E-state index in [2.05, 4.69) is 229 Å². The average molecular weight is 892 g/mol. The van der Waals surface area contributed by atoms with E-state index in [9.17, 15) is 0 Å². The molecule has 0 fully saturated rings. The molecule has 326 valence electrons. The minimum atomic E-state index is -0.508. The zero-order valence-electron chi connectivity index (χ0n) is 37.9. The molecule has 0 N–H and O–H groups in total. The first-order chi connectivity index (χ1) is 34.7. The second-order valence-corrected chi connectivity index (χ2v) is 18.6. The third-order valence-corrected chi connectivity index (χ3v) is 15.1. The smallest absolute Gasteiger partial charge is 0.143 e. The molecule has 0 amide bonds. The largest absolute Gasteiger partial charge is 0.455 e. The van der Waals surface area contributed by atoms with Crippen LogP contribution < -0.4 is 4.90 Å². The summed E-state index contributed by atoms with van der Waals surface area (Å²) >= 11 is 0. The van der Waals surface area contributed by atoms with Crippen LogP contribution in [0.5, 0.6) is 0 Å². The van der Waals surface area contributed by atoms with Crippen molar-refractivity contribution in [3.63, 3.8) is 0 Å². The normalized spacial score (nSPS) is 13.0. The molecular weight excluding hydrogens is 851 g/mol. The fourth-order valence-corrected chi connectivity index (χ4v) is 12.2. The van der Waals surface area contributed by atoms with Crippen molar-refractivity contribution in [2.75, 3.05) is 4.90 Å². The third-order valence-electron chi connectivity index (χ3n) is 15.1. The van der Waals surface area contributed by atoms with Crippen molar-refractivity contribution in [3.05, 3.63) is 271 Å². The van der Waals surface area contributed by atoms with Crippen molar-refractivity contribution in [3.8, 4) is 55.6 Å². The van der Waals surface area contributed by atoms with E-state index in [1.807, 2.05) is 24.3 Å². The molecule has 2 aliphatic rings. The number of nitrogens with zero attached hydrogens (tertiary/aromatic N) is 1. The molecule has 0 saturated heterocycles. The van der Waals surface area contributed by atoms with Crippen molar-refractivity contribution in [2.45, 2.75) is 5.41 Å². The lowest BCUT2D eigenvalue weighted by atomic mass is 9.68. The van der Waals surface area contributed by atoms with Gasteiger partial charge in [0.2, 0.25) is 0 Å². The fraction of sp³-hybridized carbons (Fsp3) is 0.0149. The number of hydrogen-bond donors (Lipinski definition) is 0. The molecule has 11 aromatic carbocycles. The molecule has 3 heteroatoms. The van der Waals surface area contributed by atoms with Gasteiger partial charge in [0.15, 0.2) is 0 Å². The molecule has 2 aliphatic carbocycles. The summed E-state index contributed by atoms with van der Waals surface area (Å²) in [4.78, 5) is 2.43. The summed E-state index contributed by atoms with van der Waals surface area (Å²) in [6.07, 6.45) is 0. The van der Waals surface area contributed by atoms with Crippen LogP contribution in [0.2, 0.25) is 0 Å². The van der Waals surface area contributed by atoms with Crippen molar-refractivity contribution < 1.29 is 8.83 Å². The number of anilines is 3. The number of hydrogen-bond acceptors (Lipinski definition) is 3. The lowest BCUT2D eigenvalue weighted by Crippen LogP contribution is -2.26. The van der Waals surface area contributed by atoms with Gasteiger partial charge in [-0.2, -0.15) is 0 Å². The molecule has 2 heterocycles. The Hall–Kier alpha value is -9.18. The molecule has 0 aliphatic heterocycles. The minimum Gasteiger partial charge on any atom is -0.455 e. The number of fused-ring (bicyclic) bond motifs is 16. The highest BCUT2D eigenvalue weighted by molar-refractivity contribution is 6.11. The topological polar surface area (TPSA) is 29.5 Å². The SMILES string of the molecule is c1ccc(N(c2ccc(-c3cccc4c3oc3ccccc34)cc2)c2ccc(-c3cccc4c3oc3ccccc34)cc2)c(-c2cccc3c2C2(c4ccccc4-c4ccccc42)c2ccccc2-3)c1. The molecule has 3 nitrogen and oxygen atoms in total. The summed E-state index contributed by atoms with van der Waals surface area (Å²) in [5.74, 6) is 0. The molecule has 0 bridgehead atoms. The van der Waals surface area contributed by atoms with Gasteiger partial charge in [-0.3, -0.25) is 0 Å². The van der Waals surface area contributed by atoms with E-state index in [1.165, 1.54) is 50.1 Å². The van der Waals surface area contributed by atoms with Gasteiger partial charge in [-0.1, -0.05) is 206 Å². The summed E-state index contributed by atoms with van der Waals surface area (Å²) in [6, 6.07) is 90.5. The molecule has 1 spiro atoms. The van der Waals surface area contributed by atoms with Gasteiger partial charge < -0.3 is 13.7 Å². The van der Waals surface area contributed by atoms with Gasteiger partial charge in [-0.15, -0.1) is 0 Å². The lowest BCUT2D eigenvalue weighted by molar-refractivity contribution is 0.669. The van der Waals surface area contributed by atoms with Crippen molar-refractivity contribution >= 4 is 60.9 Å². The first kappa shape index (κ1) is 38.9. The van der Waals surface area contributed by atoms with Crippen molar-refractivity contribution in [1.82, 2.24) is 0 Å². The quantitative estimate of drug-likeness (QED) is 0.167. The lowest BCUT2D eigenvalue weighted by Gasteiger charge is -2.33. The zero-order valence-corrected chi connectivity index (χ0v) is 37.9. The zero-order chi connectivity index (χ0) is 45.9. The Kier molecular flexibility index (Phi) is 8.28. The minimum absolute atomic E-state index is 0.508. The molecule has 0 unspecified atom stereocenters. The maximum Gasteiger partial charge on any atom is 0.143 e. The van der Waals surface area contributed by atoms with E-state index in [0.717, 1.165) is 88.8 Å². The second-order valence-electron chi connectivity index (χ2n) is 18.6. The van der Waals surface area contributed by atoms with E-state index in [4.69, 9.17) is 8.83 Å². The Morgan fingerprint density at radius 1 is 0.271 bits per heavy atom. The van der Waals surface area contributed by atoms with Gasteiger partial charge in [0.25, 0.3) is 0 Å². The highest BCUT2D eigenvalue weighted by Crippen LogP contribution is 2.65. The monoisotopic (exact) mass is 891 g/mol. The summed E-state index contributed by atoms with van der Waals surface area (Å²) in [5.41, 5.74) is 23.4. The van der Waals surface area contributed by atoms with Gasteiger partial charge >= 0.3 is 0 Å². The molecule has 0 saturated carbocycles. The predicted molar refractivity (Wildman–Crippen MR) is 288 cm³/mol. The molecule has 0 atom stereocenters. The molecule has 0 radical (unpaired) electrons. The van der Waals surface area contributed by atoms with E-state index < -0.39 is 5.41 Å². The fourth-order valence-electron chi connectivity index (χ4n) is 12.2. The Morgan fingerprint density at radius 2 is 0.629 bits per heavy atom. The van der Waals surface area contributed by atoms with Crippen LogP contribution in [0.1, 0.15) is 22.3 Å². The van der Waals surface area contributed by atoms with Gasteiger partial charge in [-0.25, -0.2) is 0 Å². The van der Waals surface area contributed by atoms with Crippen LogP contribution in [0.4, 0.5) is 17.1 Å². The number of benzene rings is 11. The first-order valence-corrected chi connectivity index (χ1v) is 24.1. The first-order valence-electron chi connectivity index (χ1n) is 24.1. The van der Waals surface area contributed by atoms with E-state index in [0.29, 0.717) is 0 Å². The van der Waals surface area contributed by atoms with Gasteiger partial charge in [-0.05, 0) is 104 Å². The summed E-state index contributed by atoms with van der Waals surface area (Å²) in [6.45, 7) is 0. The van der Waals surface area contributed by atoms with Crippen LogP contribution in [0.25, 0.3) is 99.5 Å². The third kappa shape index (κ3) is 5.40. The Bertz CT molecular complexity index is 4030. The standard InChI is InChI=1S/C67H41NO2/c1-7-28-58-48(16-1)49-17-2-8-29-59(49)67(58)60-30-9-3-18-50(60)54-24-15-25-55(64(54)67)51-19-4-10-31-61(51)68(44-38-34-42(35-39-44)46-22-13-26-56-52-20-5-11-32-62(52)69-65(46)56)45-40-36-43(37-41-45)47-23-14-27-57-53-21-6-12-33-63(53)70-66(47)57/h1-41H. The van der Waals surface area contributed by atoms with Crippen molar-refractivity contribution in [2.24, 2.45) is 0 Å². The van der Waals surface area contributed by atoms with Crippen LogP contribution in [0, 0.1) is 0 Å². The van der Waals surface area contributed by atoms with Gasteiger partial charge in [0.1, 0.15) is 22.3 Å². The number of para-hydroxylation sites is 5. The molecule has 15 rings (SSSR count). The number of furan rings is 2. The van der Waals surface area contributed by atoms with Crippen molar-refractivity contribution in [1.29, 1.82) is 0 Å². The Morgan fingerprint density at radius 3 is 1.14 bits per heavy atom. The van der Waals surface area contributed by atoms with Crippen LogP contribution >= 0.6 is 0 Å². The van der Waals surface area contributed by atoms with Gasteiger partial charge in [0.05, 0.1) is 11.1 Å². The van der Waals surface area contributed by atoms with Crippen LogP contribution in [-0.4, -0.2) is 0 Å². The van der Waals surface area contributed by atoms with Crippen LogP contribution in [-0.2, 0) is 5.41 Å². The molecular formula is C67H41NO2. The van der Waals surface area contributed by atoms with Crippen LogP contribution in [0.15, 0.2) is 258 Å². The Balaban J connectivity index is 0.937. The molecule has 13 aromatic rings. The summed E-state index contributed by atoms with van der Waals surface area (Å²) in [5, 5.41) is 4.49. The van der Waals surface area contributed by atoms with E-state index >= 15 is 0 Å². The highest BCUT2D eigenvalue weighted by Gasteiger charge is 2.52. The second kappa shape index (κ2) is 14.9. The average Bonchev–Trinajstić information content (AvgIpc) is 4.17. The maximum absolute atomic E-state index is 6.54. The number of rotatable bonds is 6. The highest BCUT2D eigenvalue weighted by atomic mass is 16.3. The van der Waals surface area contributed by atoms with Gasteiger partial charge in [0, 0.05) is 49.6 Å². The Labute approximate surface area is 404 Å². The maximum atomic E-state index is 6.54. The molecule has 2 aromatic heterocycles. The van der Waals surface area contributed by atoms with E-state index in [-0.39, 0.29) is 0 Å². The summed E-state index contributed by atoms with van der Waals surface area (Å²) < 4.78 is 13.1.